The van der Waals surface area contributed by atoms with E-state index in [4.69, 9.17) is 0 Å². The van der Waals surface area contributed by atoms with Gasteiger partial charge in [-0.2, -0.15) is 0 Å². The van der Waals surface area contributed by atoms with Crippen molar-refractivity contribution in [2.75, 3.05) is 19.8 Å². The molecule has 0 aromatic carbocycles. The third kappa shape index (κ3) is 13.5. The molecule has 0 amide bonds. The molecule has 1 rings (SSSR count). The van der Waals surface area contributed by atoms with Gasteiger partial charge in [0.15, 0.2) is 0 Å². The molecule has 0 bridgehead atoms. The van der Waals surface area contributed by atoms with Crippen LogP contribution in [0.15, 0.2) is 12.4 Å². The first-order valence-corrected chi connectivity index (χ1v) is 12.0. The summed E-state index contributed by atoms with van der Waals surface area (Å²) in [4.78, 5) is 5.01. The molecule has 0 aliphatic carbocycles. The zero-order valence-electron chi connectivity index (χ0n) is 18.2. The van der Waals surface area contributed by atoms with Gasteiger partial charge >= 0.3 is 0 Å². The zero-order valence-corrected chi connectivity index (χ0v) is 18.2. The molecule has 1 heterocycles. The molecule has 0 N–H and O–H groups in total. The summed E-state index contributed by atoms with van der Waals surface area (Å²) in [6, 6.07) is 0. The van der Waals surface area contributed by atoms with Crippen LogP contribution in [-0.4, -0.2) is 29.6 Å². The predicted molar refractivity (Wildman–Crippen MR) is 117 cm³/mol. The van der Waals surface area contributed by atoms with Crippen LogP contribution in [0.5, 0.6) is 0 Å². The smallest absolute Gasteiger partial charge is 0.0893 e. The molecule has 0 spiro atoms. The molecule has 2 nitrogen and oxygen atoms in total. The Kier molecular flexibility index (Phi) is 16.0. The summed E-state index contributed by atoms with van der Waals surface area (Å²) in [5.41, 5.74) is 0. The molecule has 0 saturated carbocycles. The van der Waals surface area contributed by atoms with Gasteiger partial charge in [0.25, 0.3) is 0 Å². The Morgan fingerprint density at radius 3 is 1.12 bits per heavy atom. The molecule has 0 unspecified atom stereocenters. The zero-order chi connectivity index (χ0) is 18.7. The first-order chi connectivity index (χ1) is 12.9. The van der Waals surface area contributed by atoms with Gasteiger partial charge in [0.2, 0.25) is 0 Å². The van der Waals surface area contributed by atoms with Crippen molar-refractivity contribution in [1.29, 1.82) is 0 Å². The number of unbranched alkanes of at least 4 members (excludes halogenated alkanes) is 15. The Morgan fingerprint density at radius 2 is 0.769 bits per heavy atom. The molecule has 1 aliphatic rings. The van der Waals surface area contributed by atoms with E-state index in [1.54, 1.807) is 0 Å². The van der Waals surface area contributed by atoms with Crippen molar-refractivity contribution < 1.29 is 0 Å². The molecule has 154 valence electrons. The first-order valence-electron chi connectivity index (χ1n) is 12.0. The highest BCUT2D eigenvalue weighted by molar-refractivity contribution is 4.90. The van der Waals surface area contributed by atoms with Crippen molar-refractivity contribution in [3.63, 3.8) is 0 Å². The number of hydrogen-bond acceptors (Lipinski definition) is 2. The van der Waals surface area contributed by atoms with E-state index in [1.165, 1.54) is 122 Å². The summed E-state index contributed by atoms with van der Waals surface area (Å²) >= 11 is 0. The Balaban J connectivity index is 1.82. The average molecular weight is 365 g/mol. The van der Waals surface area contributed by atoms with Crippen LogP contribution in [0.1, 0.15) is 123 Å². The molecular weight excluding hydrogens is 316 g/mol. The van der Waals surface area contributed by atoms with Crippen LogP contribution in [0.3, 0.4) is 0 Å². The largest absolute Gasteiger partial charge is 0.359 e. The van der Waals surface area contributed by atoms with Gasteiger partial charge in [0, 0.05) is 25.5 Å². The number of nitrogens with zero attached hydrogens (tertiary/aromatic N) is 2. The number of hydrogen-bond donors (Lipinski definition) is 0. The van der Waals surface area contributed by atoms with Crippen LogP contribution in [0, 0.1) is 0 Å². The Hall–Kier alpha value is -0.660. The van der Waals surface area contributed by atoms with Crippen LogP contribution in [-0.2, 0) is 0 Å². The minimum absolute atomic E-state index is 1.13. The average Bonchev–Trinajstić information content (AvgIpc) is 3.10. The van der Waals surface area contributed by atoms with Gasteiger partial charge in [-0.3, -0.25) is 0 Å². The van der Waals surface area contributed by atoms with Crippen molar-refractivity contribution >= 4 is 0 Å². The fourth-order valence-electron chi connectivity index (χ4n) is 3.88. The van der Waals surface area contributed by atoms with Crippen LogP contribution in [0.25, 0.3) is 0 Å². The fourth-order valence-corrected chi connectivity index (χ4v) is 3.88. The summed E-state index contributed by atoms with van der Waals surface area (Å²) in [6.45, 7) is 8.22. The van der Waals surface area contributed by atoms with Gasteiger partial charge < -0.3 is 9.80 Å². The second-order valence-electron chi connectivity index (χ2n) is 8.37. The first kappa shape index (κ1) is 23.4. The molecule has 0 fully saturated rings. The summed E-state index contributed by atoms with van der Waals surface area (Å²) in [5.74, 6) is 0. The van der Waals surface area contributed by atoms with Crippen LogP contribution in [0.4, 0.5) is 0 Å². The lowest BCUT2D eigenvalue weighted by atomic mass is 10.1. The molecule has 0 atom stereocenters. The van der Waals surface area contributed by atoms with Crippen molar-refractivity contribution in [3.8, 4) is 0 Å². The molecule has 26 heavy (non-hydrogen) atoms. The fraction of sp³-hybridized carbons (Fsp3) is 0.917. The Bertz CT molecular complexity index is 313. The molecule has 0 saturated heterocycles. The van der Waals surface area contributed by atoms with Crippen LogP contribution < -0.4 is 0 Å². The highest BCUT2D eigenvalue weighted by Gasteiger charge is 2.10. The van der Waals surface area contributed by atoms with Crippen LogP contribution in [0.2, 0.25) is 0 Å². The third-order valence-corrected chi connectivity index (χ3v) is 5.70. The maximum atomic E-state index is 2.51. The molecular formula is C24H48N2. The lowest BCUT2D eigenvalue weighted by Gasteiger charge is -2.21. The van der Waals surface area contributed by atoms with E-state index in [2.05, 4.69) is 36.0 Å². The predicted octanol–water partition coefficient (Wildman–Crippen LogP) is 7.70. The highest BCUT2D eigenvalue weighted by atomic mass is 15.3. The topological polar surface area (TPSA) is 6.48 Å². The van der Waals surface area contributed by atoms with E-state index in [-0.39, 0.29) is 0 Å². The van der Waals surface area contributed by atoms with Gasteiger partial charge in [-0.1, -0.05) is 110 Å². The standard InChI is InChI=1S/C24H48N2/c1-3-5-7-9-11-12-13-15-17-19-21-26-23-22-25(24-26)20-18-16-14-10-8-6-4-2/h22-23H,3-21,24H2,1-2H3. The van der Waals surface area contributed by atoms with Crippen molar-refractivity contribution in [3.05, 3.63) is 12.4 Å². The van der Waals surface area contributed by atoms with E-state index in [0.717, 1.165) is 6.67 Å². The quantitative estimate of drug-likeness (QED) is 0.217. The highest BCUT2D eigenvalue weighted by Crippen LogP contribution is 2.14. The van der Waals surface area contributed by atoms with Gasteiger partial charge in [-0.15, -0.1) is 0 Å². The Labute approximate surface area is 165 Å². The lowest BCUT2D eigenvalue weighted by molar-refractivity contribution is 0.257. The Morgan fingerprint density at radius 1 is 0.462 bits per heavy atom. The van der Waals surface area contributed by atoms with E-state index in [0.29, 0.717) is 0 Å². The SMILES string of the molecule is CCCCCCCCCCCCN1C=CN(CCCCCCCCC)C1. The van der Waals surface area contributed by atoms with Gasteiger partial charge in [0.1, 0.15) is 0 Å². The van der Waals surface area contributed by atoms with E-state index in [9.17, 15) is 0 Å². The van der Waals surface area contributed by atoms with E-state index >= 15 is 0 Å². The van der Waals surface area contributed by atoms with Gasteiger partial charge in [0.05, 0.1) is 6.67 Å². The molecule has 1 aliphatic heterocycles. The monoisotopic (exact) mass is 364 g/mol. The molecule has 0 aromatic heterocycles. The third-order valence-electron chi connectivity index (χ3n) is 5.70. The summed E-state index contributed by atoms with van der Waals surface area (Å²) in [5, 5.41) is 0. The maximum absolute atomic E-state index is 2.51. The minimum atomic E-state index is 1.13. The number of rotatable bonds is 19. The lowest BCUT2D eigenvalue weighted by Crippen LogP contribution is -2.26. The molecule has 2 heteroatoms. The van der Waals surface area contributed by atoms with Gasteiger partial charge in [-0.05, 0) is 12.8 Å². The van der Waals surface area contributed by atoms with Gasteiger partial charge in [-0.25, -0.2) is 0 Å². The van der Waals surface area contributed by atoms with E-state index < -0.39 is 0 Å². The summed E-state index contributed by atoms with van der Waals surface area (Å²) in [7, 11) is 0. The summed E-state index contributed by atoms with van der Waals surface area (Å²) in [6.07, 6.45) is 28.8. The normalized spacial score (nSPS) is 13.9. The second-order valence-corrected chi connectivity index (χ2v) is 8.37. The summed E-state index contributed by atoms with van der Waals surface area (Å²) < 4.78 is 0. The second kappa shape index (κ2) is 17.7. The maximum Gasteiger partial charge on any atom is 0.0893 e. The van der Waals surface area contributed by atoms with Crippen molar-refractivity contribution in [2.45, 2.75) is 123 Å². The molecule has 0 radical (unpaired) electrons. The molecule has 0 aromatic rings. The van der Waals surface area contributed by atoms with Crippen LogP contribution >= 0.6 is 0 Å². The van der Waals surface area contributed by atoms with Crippen molar-refractivity contribution in [2.24, 2.45) is 0 Å². The van der Waals surface area contributed by atoms with Crippen molar-refractivity contribution in [1.82, 2.24) is 9.80 Å². The van der Waals surface area contributed by atoms with E-state index in [1.807, 2.05) is 0 Å². The minimum Gasteiger partial charge on any atom is -0.359 e.